The van der Waals surface area contributed by atoms with Gasteiger partial charge < -0.3 is 39.6 Å². The highest BCUT2D eigenvalue weighted by atomic mass is 31.2. The Morgan fingerprint density at radius 3 is 2.62 bits per heavy atom. The molecule has 2 heterocycles. The van der Waals surface area contributed by atoms with Crippen LogP contribution in [0.5, 0.6) is 0 Å². The number of phosphoric ester groups is 1. The highest BCUT2D eigenvalue weighted by molar-refractivity contribution is 7.43. The predicted molar refractivity (Wildman–Crippen MR) is 76.5 cm³/mol. The van der Waals surface area contributed by atoms with Crippen LogP contribution in [0.15, 0.2) is 11.0 Å². The van der Waals surface area contributed by atoms with Crippen molar-refractivity contribution in [2.75, 3.05) is 12.3 Å². The molecule has 1 aromatic rings. The van der Waals surface area contributed by atoms with Gasteiger partial charge in [0.1, 0.15) is 24.1 Å². The fourth-order valence-electron chi connectivity index (χ4n) is 2.39. The van der Waals surface area contributed by atoms with Gasteiger partial charge in [0.05, 0.1) is 14.4 Å². The predicted octanol–water partition coefficient (Wildman–Crippen LogP) is -2.59. The lowest BCUT2D eigenvalue weighted by Crippen LogP contribution is -2.37. The fourth-order valence-corrected chi connectivity index (χ4v) is 2.71. The van der Waals surface area contributed by atoms with Crippen LogP contribution in [0.2, 0.25) is 0 Å². The van der Waals surface area contributed by atoms with E-state index >= 15 is 0 Å². The first-order valence-electron chi connectivity index (χ1n) is 7.08. The average Bonchev–Trinajstić information content (AvgIpc) is 2.72. The molecule has 136 valence electrons. The van der Waals surface area contributed by atoms with Gasteiger partial charge in [-0.05, 0) is 5.92 Å². The van der Waals surface area contributed by atoms with Crippen molar-refractivity contribution in [3.63, 3.8) is 0 Å². The second-order valence-electron chi connectivity index (χ2n) is 5.72. The number of hydrogen-bond acceptors (Lipinski definition) is 10. The van der Waals surface area contributed by atoms with Gasteiger partial charge in [-0.15, -0.1) is 0 Å². The maximum absolute atomic E-state index is 12.0. The summed E-state index contributed by atoms with van der Waals surface area (Å²) in [4.78, 5) is 36.7. The third kappa shape index (κ3) is 4.01. The number of nitrogens with zero attached hydrogens (tertiary/aromatic N) is 2. The molecule has 4 atom stereocenters. The Labute approximate surface area is 136 Å². The van der Waals surface area contributed by atoms with Crippen molar-refractivity contribution >= 4 is 13.6 Å². The lowest BCUT2D eigenvalue weighted by atomic mass is 10.1. The summed E-state index contributed by atoms with van der Waals surface area (Å²) in [5.41, 5.74) is 5.40. The number of nitrogen functional groups attached to an aromatic ring is 1. The highest BCUT2D eigenvalue weighted by Gasteiger charge is 2.44. The quantitative estimate of drug-likeness (QED) is 0.469. The lowest BCUT2D eigenvalue weighted by Gasteiger charge is -2.30. The van der Waals surface area contributed by atoms with E-state index < -0.39 is 44.7 Å². The summed E-state index contributed by atoms with van der Waals surface area (Å²) in [5, 5.41) is 20.0. The van der Waals surface area contributed by atoms with Crippen molar-refractivity contribution in [3.8, 4) is 0 Å². The summed E-state index contributed by atoms with van der Waals surface area (Å²) in [5.74, 6) is -0.0310. The van der Waals surface area contributed by atoms with Crippen LogP contribution >= 0.6 is 7.82 Å². The van der Waals surface area contributed by atoms with Crippen LogP contribution in [0.1, 0.15) is 31.6 Å². The van der Waals surface area contributed by atoms with Gasteiger partial charge in [-0.1, -0.05) is 13.8 Å². The molecule has 2 rings (SSSR count). The van der Waals surface area contributed by atoms with Gasteiger partial charge in [0.15, 0.2) is 6.23 Å². The van der Waals surface area contributed by atoms with Crippen LogP contribution in [0, 0.1) is 0 Å². The molecule has 0 radical (unpaired) electrons. The number of hydrogen-bond donors (Lipinski definition) is 3. The van der Waals surface area contributed by atoms with Crippen LogP contribution < -0.4 is 21.2 Å². The SMILES string of the molecule is CC(C)c1cn(C2OC(COP(=O)([O-])[O-])C(O)C2O)c(=O)nc1N. The van der Waals surface area contributed by atoms with Gasteiger partial charge in [-0.3, -0.25) is 4.57 Å². The van der Waals surface area contributed by atoms with Gasteiger partial charge >= 0.3 is 5.69 Å². The molecule has 4 unspecified atom stereocenters. The highest BCUT2D eigenvalue weighted by Crippen LogP contribution is 2.33. The van der Waals surface area contributed by atoms with E-state index in [1.165, 1.54) is 6.20 Å². The molecule has 1 fully saturated rings. The standard InChI is InChI=1S/C12H20N3O8P/c1-5(2)6-3-15(12(18)14-10(6)13)11-9(17)8(16)7(23-11)4-22-24(19,20)21/h3,5,7-9,11,16-17H,4H2,1-2H3,(H2,13,14,18)(H2,19,20,21)/p-2. The molecule has 0 amide bonds. The second kappa shape index (κ2) is 6.89. The van der Waals surface area contributed by atoms with Gasteiger partial charge in [-0.25, -0.2) is 4.79 Å². The van der Waals surface area contributed by atoms with Crippen molar-refractivity contribution in [2.45, 2.75) is 44.3 Å². The first-order valence-corrected chi connectivity index (χ1v) is 8.54. The maximum Gasteiger partial charge on any atom is 0.351 e. The summed E-state index contributed by atoms with van der Waals surface area (Å²) in [6, 6.07) is 0. The minimum absolute atomic E-state index is 0.0396. The molecular formula is C12H18N3O8P-2. The van der Waals surface area contributed by atoms with Gasteiger partial charge in [0, 0.05) is 11.8 Å². The van der Waals surface area contributed by atoms with Crippen molar-refractivity contribution in [1.29, 1.82) is 0 Å². The van der Waals surface area contributed by atoms with Crippen molar-refractivity contribution < 1.29 is 33.8 Å². The molecule has 0 aliphatic carbocycles. The minimum Gasteiger partial charge on any atom is -0.790 e. The molecule has 1 aliphatic heterocycles. The number of rotatable bonds is 5. The van der Waals surface area contributed by atoms with Crippen LogP contribution in [-0.2, 0) is 13.8 Å². The molecule has 0 saturated carbocycles. The minimum atomic E-state index is -5.26. The summed E-state index contributed by atoms with van der Waals surface area (Å²) in [6.07, 6.45) is -4.41. The Morgan fingerprint density at radius 1 is 1.46 bits per heavy atom. The molecule has 4 N–H and O–H groups in total. The van der Waals surface area contributed by atoms with Crippen LogP contribution in [0.25, 0.3) is 0 Å². The maximum atomic E-state index is 12.0. The van der Waals surface area contributed by atoms with Crippen LogP contribution in [0.4, 0.5) is 5.82 Å². The monoisotopic (exact) mass is 363 g/mol. The fraction of sp³-hybridized carbons (Fsp3) is 0.667. The van der Waals surface area contributed by atoms with E-state index in [9.17, 15) is 29.4 Å². The average molecular weight is 363 g/mol. The smallest absolute Gasteiger partial charge is 0.351 e. The topological polar surface area (TPSA) is 183 Å². The number of anilines is 1. The normalized spacial score (nSPS) is 27.8. The Balaban J connectivity index is 2.28. The third-order valence-corrected chi connectivity index (χ3v) is 4.11. The summed E-state index contributed by atoms with van der Waals surface area (Å²) >= 11 is 0. The molecule has 0 bridgehead atoms. The molecule has 24 heavy (non-hydrogen) atoms. The van der Waals surface area contributed by atoms with Crippen molar-refractivity contribution in [1.82, 2.24) is 9.55 Å². The van der Waals surface area contributed by atoms with Crippen LogP contribution in [0.3, 0.4) is 0 Å². The first-order chi connectivity index (χ1) is 11.0. The zero-order valence-electron chi connectivity index (χ0n) is 12.9. The van der Waals surface area contributed by atoms with E-state index in [2.05, 4.69) is 9.51 Å². The Bertz CT molecular complexity index is 702. The van der Waals surface area contributed by atoms with Gasteiger partial charge in [0.25, 0.3) is 0 Å². The van der Waals surface area contributed by atoms with E-state index in [1.807, 2.05) is 13.8 Å². The molecule has 1 aliphatic rings. The van der Waals surface area contributed by atoms with E-state index in [1.54, 1.807) is 0 Å². The molecule has 0 aromatic carbocycles. The largest absolute Gasteiger partial charge is 0.790 e. The summed E-state index contributed by atoms with van der Waals surface area (Å²) < 4.78 is 20.8. The lowest BCUT2D eigenvalue weighted by molar-refractivity contribution is -0.343. The van der Waals surface area contributed by atoms with Crippen molar-refractivity contribution in [2.24, 2.45) is 0 Å². The van der Waals surface area contributed by atoms with Crippen LogP contribution in [-0.4, -0.2) is 44.7 Å². The summed E-state index contributed by atoms with van der Waals surface area (Å²) in [7, 11) is -5.26. The number of aliphatic hydroxyl groups is 2. The van der Waals surface area contributed by atoms with E-state index in [0.29, 0.717) is 5.56 Å². The number of nitrogens with two attached hydrogens (primary N) is 1. The van der Waals surface area contributed by atoms with E-state index in [-0.39, 0.29) is 11.7 Å². The van der Waals surface area contributed by atoms with Gasteiger partial charge in [-0.2, -0.15) is 4.98 Å². The molecule has 11 nitrogen and oxygen atoms in total. The third-order valence-electron chi connectivity index (χ3n) is 3.64. The molecule has 1 saturated heterocycles. The van der Waals surface area contributed by atoms with Crippen molar-refractivity contribution in [3.05, 3.63) is 22.2 Å². The zero-order chi connectivity index (χ0) is 18.2. The zero-order valence-corrected chi connectivity index (χ0v) is 13.8. The second-order valence-corrected chi connectivity index (χ2v) is 6.87. The van der Waals surface area contributed by atoms with E-state index in [0.717, 1.165) is 4.57 Å². The number of ether oxygens (including phenoxy) is 1. The Hall–Kier alpha value is -1.33. The molecule has 0 spiro atoms. The molecular weight excluding hydrogens is 345 g/mol. The van der Waals surface area contributed by atoms with Gasteiger partial charge in [0.2, 0.25) is 0 Å². The number of aliphatic hydroxyl groups excluding tert-OH is 2. The van der Waals surface area contributed by atoms with E-state index in [4.69, 9.17) is 10.5 Å². The molecule has 12 heteroatoms. The summed E-state index contributed by atoms with van der Waals surface area (Å²) in [6.45, 7) is 2.85. The Morgan fingerprint density at radius 2 is 2.08 bits per heavy atom. The number of aromatic nitrogens is 2. The molecule has 1 aromatic heterocycles. The first kappa shape index (κ1) is 19.0. The number of phosphoric acid groups is 1. The Kier molecular flexibility index (Phi) is 5.45.